The minimum Gasteiger partial charge on any atom is -0.348 e. The fourth-order valence-corrected chi connectivity index (χ4v) is 43.6. The molecule has 0 spiro atoms. The molecule has 2 nitrogen and oxygen atoms in total. The lowest BCUT2D eigenvalue weighted by atomic mass is 10.4. The van der Waals surface area contributed by atoms with Crippen molar-refractivity contribution in [2.45, 2.75) is 90.1 Å². The molecule has 1 saturated heterocycles. The Labute approximate surface area is 150 Å². The van der Waals surface area contributed by atoms with Crippen molar-refractivity contribution < 1.29 is 0 Å². The summed E-state index contributed by atoms with van der Waals surface area (Å²) in [6.07, 6.45) is 5.33. The van der Waals surface area contributed by atoms with E-state index in [1.165, 1.54) is 25.2 Å². The van der Waals surface area contributed by atoms with E-state index in [9.17, 15) is 5.16 Å². The molecular weight excluding hydrogens is 364 g/mol. The zero-order valence-corrected chi connectivity index (χ0v) is 22.7. The number of hydrogen-bond acceptors (Lipinski definition) is 2. The van der Waals surface area contributed by atoms with Crippen LogP contribution in [-0.4, -0.2) is 54.1 Å². The summed E-state index contributed by atoms with van der Waals surface area (Å²) < 4.78 is 2.99. The maximum Gasteiger partial charge on any atom is 0.112 e. The smallest absolute Gasteiger partial charge is 0.112 e. The molecule has 2 unspecified atom stereocenters. The van der Waals surface area contributed by atoms with E-state index in [-0.39, 0.29) is 0 Å². The Bertz CT molecular complexity index is 458. The Kier molecular flexibility index (Phi) is 6.39. The van der Waals surface area contributed by atoms with Crippen molar-refractivity contribution in [3.63, 3.8) is 0 Å². The van der Waals surface area contributed by atoms with Gasteiger partial charge in [-0.05, 0) is 37.1 Å². The van der Waals surface area contributed by atoms with Crippen molar-refractivity contribution in [1.29, 1.82) is 5.16 Å². The summed E-state index contributed by atoms with van der Waals surface area (Å²) >= 11 is 0. The Balaban J connectivity index is 3.22. The normalized spacial score (nSPS) is 27.7. The highest BCUT2D eigenvalue weighted by molar-refractivity contribution is 8.02. The SMILES string of the molecule is C[Si](C)(C)C1CCCP1(=N)[Si](C)(C)CN([Si](C)(C)C)[Si](C)(C)C. The van der Waals surface area contributed by atoms with Crippen molar-refractivity contribution in [3.8, 4) is 0 Å². The maximum absolute atomic E-state index is 9.71. The third-order valence-electron chi connectivity index (χ3n) is 5.76. The third kappa shape index (κ3) is 4.82. The first-order chi connectivity index (χ1) is 9.93. The lowest BCUT2D eigenvalue weighted by molar-refractivity contribution is 0.712. The molecule has 1 aliphatic rings. The first-order valence-electron chi connectivity index (χ1n) is 9.34. The Hall–Kier alpha value is 1.06. The fraction of sp³-hybridized carbons (Fsp3) is 1.00. The van der Waals surface area contributed by atoms with Gasteiger partial charge in [-0.25, -0.2) is 0 Å². The van der Waals surface area contributed by atoms with Gasteiger partial charge in [0.05, 0.1) is 8.07 Å². The molecule has 0 aliphatic carbocycles. The van der Waals surface area contributed by atoms with Crippen LogP contribution in [-0.2, 0) is 0 Å². The topological polar surface area (TPSA) is 27.1 Å². The van der Waals surface area contributed by atoms with Gasteiger partial charge in [0.1, 0.15) is 24.2 Å². The molecular formula is C16H43N2PSi4. The highest BCUT2D eigenvalue weighted by Gasteiger charge is 2.52. The van der Waals surface area contributed by atoms with E-state index in [1.54, 1.807) is 0 Å². The molecule has 0 aromatic carbocycles. The molecule has 0 aromatic rings. The first-order valence-corrected chi connectivity index (χ1v) is 25.9. The van der Waals surface area contributed by atoms with E-state index in [1.807, 2.05) is 0 Å². The van der Waals surface area contributed by atoms with Gasteiger partial charge >= 0.3 is 0 Å². The monoisotopic (exact) mass is 406 g/mol. The number of hydrogen-bond donors (Lipinski definition) is 1. The predicted molar refractivity (Wildman–Crippen MR) is 122 cm³/mol. The second-order valence-corrected chi connectivity index (χ2v) is 40.3. The molecule has 0 bridgehead atoms. The number of nitrogens with one attached hydrogen (secondary N) is 1. The largest absolute Gasteiger partial charge is 0.348 e. The van der Waals surface area contributed by atoms with E-state index >= 15 is 0 Å². The zero-order valence-electron chi connectivity index (χ0n) is 17.8. The molecule has 0 aromatic heterocycles. The van der Waals surface area contributed by atoms with E-state index in [2.05, 4.69) is 76.2 Å². The number of nitrogens with zero attached hydrogens (tertiary/aromatic N) is 1. The van der Waals surface area contributed by atoms with Crippen LogP contribution in [0.2, 0.25) is 72.0 Å². The minimum atomic E-state index is -1.54. The Morgan fingerprint density at radius 3 is 1.65 bits per heavy atom. The highest BCUT2D eigenvalue weighted by Crippen LogP contribution is 2.67. The molecule has 1 rings (SSSR count). The summed E-state index contributed by atoms with van der Waals surface area (Å²) in [4.78, 5) is 0. The first kappa shape index (κ1) is 22.1. The van der Waals surface area contributed by atoms with Gasteiger partial charge in [-0.1, -0.05) is 72.0 Å². The molecule has 1 heterocycles. The molecule has 138 valence electrons. The standard InChI is InChI=1S/C16H43N2PSi4/c1-20(2,3)16-13-12-14-19(16,17)23(10,11)15-18(21(4,5)6)22(7,8)9/h16-17H,12-15H2,1-11H3. The zero-order chi connectivity index (χ0) is 18.5. The van der Waals surface area contributed by atoms with Crippen molar-refractivity contribution in [2.75, 3.05) is 12.3 Å². The van der Waals surface area contributed by atoms with Crippen LogP contribution in [0.1, 0.15) is 12.8 Å². The van der Waals surface area contributed by atoms with E-state index in [4.69, 9.17) is 0 Å². The van der Waals surface area contributed by atoms with Crippen molar-refractivity contribution in [3.05, 3.63) is 0 Å². The number of rotatable bonds is 6. The lowest BCUT2D eigenvalue weighted by Gasteiger charge is -2.51. The van der Waals surface area contributed by atoms with Crippen LogP contribution in [0.5, 0.6) is 0 Å². The molecule has 7 heteroatoms. The summed E-state index contributed by atoms with van der Waals surface area (Å²) in [5.41, 5.74) is 0. The van der Waals surface area contributed by atoms with Crippen LogP contribution < -0.4 is 0 Å². The summed E-state index contributed by atoms with van der Waals surface area (Å²) in [5, 5.41) is 10.5. The lowest BCUT2D eigenvalue weighted by Crippen LogP contribution is -2.64. The van der Waals surface area contributed by atoms with Gasteiger partial charge in [-0.3, -0.25) is 0 Å². The van der Waals surface area contributed by atoms with Gasteiger partial charge in [0.25, 0.3) is 0 Å². The molecule has 0 saturated carbocycles. The van der Waals surface area contributed by atoms with Gasteiger partial charge in [0.15, 0.2) is 0 Å². The Morgan fingerprint density at radius 2 is 1.30 bits per heavy atom. The summed E-state index contributed by atoms with van der Waals surface area (Å²) in [5.74, 6) is 0. The van der Waals surface area contributed by atoms with E-state index in [0.29, 0.717) is 0 Å². The molecule has 1 N–H and O–H groups in total. The van der Waals surface area contributed by atoms with Crippen molar-refractivity contribution in [1.82, 2.24) is 4.23 Å². The van der Waals surface area contributed by atoms with Crippen molar-refractivity contribution in [2.24, 2.45) is 0 Å². The average molecular weight is 407 g/mol. The molecule has 2 atom stereocenters. The molecule has 1 fully saturated rings. The summed E-state index contributed by atoms with van der Waals surface area (Å²) in [7, 11) is -5.37. The van der Waals surface area contributed by atoms with Crippen LogP contribution in [0, 0.1) is 5.16 Å². The van der Waals surface area contributed by atoms with Gasteiger partial charge < -0.3 is 9.39 Å². The third-order valence-corrected chi connectivity index (χ3v) is 34.8. The quantitative estimate of drug-likeness (QED) is 0.394. The highest BCUT2D eigenvalue weighted by atomic mass is 31.4. The van der Waals surface area contributed by atoms with Crippen LogP contribution in [0.3, 0.4) is 0 Å². The molecule has 1 aliphatic heterocycles. The second-order valence-electron chi connectivity index (χ2n) is 11.4. The molecule has 0 amide bonds. The van der Waals surface area contributed by atoms with Gasteiger partial charge in [0.2, 0.25) is 0 Å². The second kappa shape index (κ2) is 6.65. The maximum atomic E-state index is 9.71. The fourth-order valence-electron chi connectivity index (χ4n) is 4.72. The Morgan fingerprint density at radius 1 is 0.870 bits per heavy atom. The average Bonchev–Trinajstić information content (AvgIpc) is 2.67. The summed E-state index contributed by atoms with van der Waals surface area (Å²) in [6.45, 7) is 26.4. The van der Waals surface area contributed by atoms with Crippen LogP contribution in [0.4, 0.5) is 0 Å². The van der Waals surface area contributed by atoms with Gasteiger partial charge in [0, 0.05) is 0 Å². The van der Waals surface area contributed by atoms with E-state index in [0.717, 1.165) is 5.28 Å². The van der Waals surface area contributed by atoms with Gasteiger partial charge in [-0.2, -0.15) is 0 Å². The van der Waals surface area contributed by atoms with E-state index < -0.39 is 38.9 Å². The van der Waals surface area contributed by atoms with Crippen molar-refractivity contribution >= 4 is 38.9 Å². The van der Waals surface area contributed by atoms with Crippen LogP contribution in [0.25, 0.3) is 0 Å². The molecule has 23 heavy (non-hydrogen) atoms. The van der Waals surface area contributed by atoms with Crippen LogP contribution in [0.15, 0.2) is 0 Å². The van der Waals surface area contributed by atoms with Gasteiger partial charge in [-0.15, -0.1) is 0 Å². The predicted octanol–water partition coefficient (Wildman–Crippen LogP) is 6.52. The molecule has 0 radical (unpaired) electrons. The van der Waals surface area contributed by atoms with Crippen LogP contribution >= 0.6 is 6.60 Å². The minimum absolute atomic E-state index is 0.821. The summed E-state index contributed by atoms with van der Waals surface area (Å²) in [6, 6.07) is 0.